The summed E-state index contributed by atoms with van der Waals surface area (Å²) in [6, 6.07) is 15.2. The molecular formula is C18H14BrNO3S. The van der Waals surface area contributed by atoms with E-state index in [-0.39, 0.29) is 18.5 Å². The number of rotatable bonds is 3. The summed E-state index contributed by atoms with van der Waals surface area (Å²) in [7, 11) is 0. The van der Waals surface area contributed by atoms with Gasteiger partial charge in [0.15, 0.2) is 4.87 Å². The molecule has 0 spiro atoms. The van der Waals surface area contributed by atoms with Crippen LogP contribution in [0.2, 0.25) is 0 Å². The van der Waals surface area contributed by atoms with E-state index in [0.717, 1.165) is 20.6 Å². The molecule has 0 radical (unpaired) electrons. The minimum Gasteiger partial charge on any atom is -0.458 e. The molecule has 0 aromatic heterocycles. The van der Waals surface area contributed by atoms with Gasteiger partial charge >= 0.3 is 5.97 Å². The van der Waals surface area contributed by atoms with E-state index in [4.69, 9.17) is 4.74 Å². The highest BCUT2D eigenvalue weighted by atomic mass is 79.9. The molecule has 0 bridgehead atoms. The number of anilines is 1. The van der Waals surface area contributed by atoms with Gasteiger partial charge in [-0.25, -0.2) is 4.79 Å². The molecule has 0 aliphatic carbocycles. The van der Waals surface area contributed by atoms with Gasteiger partial charge in [-0.05, 0) is 18.2 Å². The molecule has 122 valence electrons. The van der Waals surface area contributed by atoms with Crippen LogP contribution in [0, 0.1) is 0 Å². The summed E-state index contributed by atoms with van der Waals surface area (Å²) in [5.74, 6) is -0.379. The molecule has 1 amide bonds. The summed E-state index contributed by atoms with van der Waals surface area (Å²) in [6.45, 7) is 0.181. The number of carbonyl (C=O) groups excluding carboxylic acids is 2. The van der Waals surface area contributed by atoms with Crippen molar-refractivity contribution in [3.8, 4) is 0 Å². The first-order valence-electron chi connectivity index (χ1n) is 7.63. The zero-order valence-electron chi connectivity index (χ0n) is 12.7. The monoisotopic (exact) mass is 403 g/mol. The number of amides is 1. The van der Waals surface area contributed by atoms with Gasteiger partial charge in [0.05, 0.1) is 5.69 Å². The number of halogens is 1. The Morgan fingerprint density at radius 3 is 2.79 bits per heavy atom. The normalized spacial score (nSPS) is 21.5. The first-order chi connectivity index (χ1) is 11.6. The average Bonchev–Trinajstić information content (AvgIpc) is 3.10. The van der Waals surface area contributed by atoms with Crippen molar-refractivity contribution in [2.24, 2.45) is 0 Å². The Hall–Kier alpha value is -1.79. The minimum atomic E-state index is -0.956. The van der Waals surface area contributed by atoms with Crippen molar-refractivity contribution in [1.29, 1.82) is 0 Å². The van der Waals surface area contributed by atoms with Crippen LogP contribution in [0.25, 0.3) is 0 Å². The van der Waals surface area contributed by atoms with Gasteiger partial charge < -0.3 is 4.74 Å². The van der Waals surface area contributed by atoms with E-state index in [1.54, 1.807) is 4.90 Å². The molecule has 0 saturated carbocycles. The maximum absolute atomic E-state index is 12.9. The Morgan fingerprint density at radius 1 is 1.21 bits per heavy atom. The maximum Gasteiger partial charge on any atom is 0.343 e. The molecule has 4 rings (SSSR count). The third-order valence-corrected chi connectivity index (χ3v) is 6.54. The predicted molar refractivity (Wildman–Crippen MR) is 95.7 cm³/mol. The molecule has 1 saturated heterocycles. The number of ether oxygens (including phenoxy) is 1. The molecule has 1 atom stereocenters. The Morgan fingerprint density at radius 2 is 1.96 bits per heavy atom. The zero-order valence-corrected chi connectivity index (χ0v) is 15.1. The fourth-order valence-electron chi connectivity index (χ4n) is 3.14. The van der Waals surface area contributed by atoms with Crippen molar-refractivity contribution in [3.63, 3.8) is 0 Å². The first-order valence-corrected chi connectivity index (χ1v) is 9.24. The zero-order chi connectivity index (χ0) is 16.7. The van der Waals surface area contributed by atoms with E-state index in [1.807, 2.05) is 48.5 Å². The van der Waals surface area contributed by atoms with Gasteiger partial charge in [-0.15, -0.1) is 0 Å². The number of esters is 1. The lowest BCUT2D eigenvalue weighted by Crippen LogP contribution is -2.47. The highest BCUT2D eigenvalue weighted by Crippen LogP contribution is 2.56. The van der Waals surface area contributed by atoms with E-state index < -0.39 is 4.87 Å². The summed E-state index contributed by atoms with van der Waals surface area (Å²) >= 11 is 4.88. The molecule has 6 heteroatoms. The summed E-state index contributed by atoms with van der Waals surface area (Å²) < 4.78 is 6.49. The smallest absolute Gasteiger partial charge is 0.343 e. The van der Waals surface area contributed by atoms with Gasteiger partial charge in [0, 0.05) is 27.8 Å². The molecule has 0 N–H and O–H groups in total. The van der Waals surface area contributed by atoms with Gasteiger partial charge in [0.25, 0.3) is 0 Å². The lowest BCUT2D eigenvalue weighted by atomic mass is 10.2. The van der Waals surface area contributed by atoms with Crippen LogP contribution in [0.3, 0.4) is 0 Å². The van der Waals surface area contributed by atoms with Crippen LogP contribution < -0.4 is 4.90 Å². The van der Waals surface area contributed by atoms with E-state index in [0.29, 0.717) is 12.8 Å². The van der Waals surface area contributed by atoms with E-state index >= 15 is 0 Å². The second kappa shape index (κ2) is 5.93. The van der Waals surface area contributed by atoms with Crippen molar-refractivity contribution in [1.82, 2.24) is 0 Å². The Balaban J connectivity index is 1.60. The number of nitrogens with zero attached hydrogens (tertiary/aromatic N) is 1. The lowest BCUT2D eigenvalue weighted by molar-refractivity contribution is -0.148. The molecule has 2 aliphatic heterocycles. The van der Waals surface area contributed by atoms with Gasteiger partial charge in [-0.2, -0.15) is 0 Å². The Labute approximate surface area is 152 Å². The average molecular weight is 404 g/mol. The highest BCUT2D eigenvalue weighted by Gasteiger charge is 2.58. The van der Waals surface area contributed by atoms with Crippen molar-refractivity contribution < 1.29 is 14.3 Å². The first kappa shape index (κ1) is 15.7. The van der Waals surface area contributed by atoms with Crippen LogP contribution in [0.1, 0.15) is 18.4 Å². The van der Waals surface area contributed by atoms with Crippen LogP contribution in [-0.2, 0) is 20.9 Å². The van der Waals surface area contributed by atoms with Crippen LogP contribution in [0.4, 0.5) is 5.69 Å². The second-order valence-electron chi connectivity index (χ2n) is 5.75. The molecular weight excluding hydrogens is 390 g/mol. The SMILES string of the molecule is O=C1CCC2(C(=O)OCc3ccccc3Br)Sc3ccccc3N12. The molecule has 2 aromatic rings. The molecule has 2 aromatic carbocycles. The summed E-state index contributed by atoms with van der Waals surface area (Å²) in [4.78, 5) is 26.9. The number of carbonyl (C=O) groups is 2. The van der Waals surface area contributed by atoms with Crippen LogP contribution in [0.15, 0.2) is 57.9 Å². The van der Waals surface area contributed by atoms with E-state index in [9.17, 15) is 9.59 Å². The largest absolute Gasteiger partial charge is 0.458 e. The molecule has 4 nitrogen and oxygen atoms in total. The van der Waals surface area contributed by atoms with Gasteiger partial charge in [-0.3, -0.25) is 9.69 Å². The number of benzene rings is 2. The van der Waals surface area contributed by atoms with E-state index in [2.05, 4.69) is 15.9 Å². The molecule has 1 unspecified atom stereocenters. The van der Waals surface area contributed by atoms with Crippen molar-refractivity contribution >= 4 is 45.3 Å². The number of hydrogen-bond acceptors (Lipinski definition) is 4. The van der Waals surface area contributed by atoms with Crippen LogP contribution >= 0.6 is 27.7 Å². The van der Waals surface area contributed by atoms with Gasteiger partial charge in [0.1, 0.15) is 6.61 Å². The fourth-order valence-corrected chi connectivity index (χ4v) is 4.96. The summed E-state index contributed by atoms with van der Waals surface area (Å²) in [6.07, 6.45) is 0.839. The Kier molecular flexibility index (Phi) is 3.89. The van der Waals surface area contributed by atoms with Crippen molar-refractivity contribution in [2.75, 3.05) is 4.90 Å². The maximum atomic E-state index is 12.9. The van der Waals surface area contributed by atoms with Crippen molar-refractivity contribution in [2.45, 2.75) is 29.2 Å². The van der Waals surface area contributed by atoms with Gasteiger partial charge in [-0.1, -0.05) is 58.0 Å². The fraction of sp³-hybridized carbons (Fsp3) is 0.222. The highest BCUT2D eigenvalue weighted by molar-refractivity contribution is 9.10. The Bertz CT molecular complexity index is 841. The lowest BCUT2D eigenvalue weighted by Gasteiger charge is -2.28. The number of hydrogen-bond donors (Lipinski definition) is 0. The molecule has 1 fully saturated rings. The molecule has 2 aliphatic rings. The quantitative estimate of drug-likeness (QED) is 0.723. The van der Waals surface area contributed by atoms with Crippen LogP contribution in [-0.4, -0.2) is 16.7 Å². The third-order valence-electron chi connectivity index (χ3n) is 4.31. The van der Waals surface area contributed by atoms with Crippen molar-refractivity contribution in [3.05, 3.63) is 58.6 Å². The van der Waals surface area contributed by atoms with E-state index in [1.165, 1.54) is 11.8 Å². The number of thioether (sulfide) groups is 1. The summed E-state index contributed by atoms with van der Waals surface area (Å²) in [5.41, 5.74) is 1.71. The molecule has 2 heterocycles. The summed E-state index contributed by atoms with van der Waals surface area (Å²) in [5, 5.41) is 0. The van der Waals surface area contributed by atoms with Crippen LogP contribution in [0.5, 0.6) is 0 Å². The minimum absolute atomic E-state index is 0.0229. The van der Waals surface area contributed by atoms with Gasteiger partial charge in [0.2, 0.25) is 5.91 Å². The number of fused-ring (bicyclic) bond motifs is 3. The molecule has 24 heavy (non-hydrogen) atoms. The number of para-hydroxylation sites is 1. The topological polar surface area (TPSA) is 46.6 Å². The second-order valence-corrected chi connectivity index (χ2v) is 7.92. The third kappa shape index (κ3) is 2.36. The standard InChI is InChI=1S/C18H14BrNO3S/c19-13-6-2-1-5-12(13)11-23-17(22)18-10-9-16(21)20(18)14-7-3-4-8-15(14)24-18/h1-8H,9-11H2. The predicted octanol–water partition coefficient (Wildman–Crippen LogP) is 4.12.